The molecule has 0 radical (unpaired) electrons. The molecule has 0 N–H and O–H groups in total. The largest absolute Gasteiger partial charge is 0.356 e. The minimum Gasteiger partial charge on any atom is -0.356 e. The quantitative estimate of drug-likeness (QED) is 0.784. The van der Waals surface area contributed by atoms with Gasteiger partial charge in [-0.25, -0.2) is 4.98 Å². The van der Waals surface area contributed by atoms with Crippen molar-refractivity contribution >= 4 is 11.7 Å². The summed E-state index contributed by atoms with van der Waals surface area (Å²) in [6.07, 6.45) is 10.2. The Morgan fingerprint density at radius 1 is 0.852 bits per heavy atom. The van der Waals surface area contributed by atoms with Gasteiger partial charge in [-0.3, -0.25) is 4.79 Å². The number of rotatable bonds is 3. The van der Waals surface area contributed by atoms with Gasteiger partial charge < -0.3 is 9.80 Å². The predicted octanol–water partition coefficient (Wildman–Crippen LogP) is 4.83. The fourth-order valence-corrected chi connectivity index (χ4v) is 4.46. The van der Waals surface area contributed by atoms with Crippen molar-refractivity contribution in [2.24, 2.45) is 0 Å². The zero-order chi connectivity index (χ0) is 18.5. The third-order valence-electron chi connectivity index (χ3n) is 5.87. The van der Waals surface area contributed by atoms with Gasteiger partial charge in [0.15, 0.2) is 0 Å². The van der Waals surface area contributed by atoms with Crippen LogP contribution in [0.2, 0.25) is 0 Å². The van der Waals surface area contributed by atoms with E-state index in [9.17, 15) is 4.79 Å². The Morgan fingerprint density at radius 2 is 1.59 bits per heavy atom. The molecule has 4 nitrogen and oxygen atoms in total. The van der Waals surface area contributed by atoms with E-state index in [4.69, 9.17) is 4.98 Å². The standard InChI is InChI=1S/C23H29N3O/c27-23(19-11-4-3-5-12-19)26-18-9-6-14-21(26)20-13-10-15-24-22(20)25-16-7-1-2-8-17-25/h3-5,10-13,15,21H,1-2,6-9,14,16-18H2/t21-/m0/s1. The molecule has 27 heavy (non-hydrogen) atoms. The van der Waals surface area contributed by atoms with Crippen LogP contribution in [0.4, 0.5) is 5.82 Å². The first-order valence-electron chi connectivity index (χ1n) is 10.4. The molecule has 0 spiro atoms. The second kappa shape index (κ2) is 8.55. The molecule has 1 aromatic heterocycles. The average molecular weight is 364 g/mol. The number of aromatic nitrogens is 1. The lowest BCUT2D eigenvalue weighted by Gasteiger charge is -2.38. The van der Waals surface area contributed by atoms with E-state index in [2.05, 4.69) is 15.9 Å². The van der Waals surface area contributed by atoms with Gasteiger partial charge in [0.1, 0.15) is 5.82 Å². The molecule has 1 atom stereocenters. The van der Waals surface area contributed by atoms with Crippen molar-refractivity contribution in [3.8, 4) is 0 Å². The number of amides is 1. The van der Waals surface area contributed by atoms with Gasteiger partial charge in [0.2, 0.25) is 0 Å². The lowest BCUT2D eigenvalue weighted by Crippen LogP contribution is -2.39. The summed E-state index contributed by atoms with van der Waals surface area (Å²) >= 11 is 0. The van der Waals surface area contributed by atoms with Crippen LogP contribution in [0.25, 0.3) is 0 Å². The Kier molecular flexibility index (Phi) is 5.71. The highest BCUT2D eigenvalue weighted by molar-refractivity contribution is 5.94. The summed E-state index contributed by atoms with van der Waals surface area (Å²) in [6.45, 7) is 2.97. The first-order chi connectivity index (χ1) is 13.3. The highest BCUT2D eigenvalue weighted by Gasteiger charge is 2.31. The molecule has 2 fully saturated rings. The normalized spacial score (nSPS) is 21.0. The van der Waals surface area contributed by atoms with Crippen molar-refractivity contribution in [1.82, 2.24) is 9.88 Å². The minimum atomic E-state index is 0.124. The van der Waals surface area contributed by atoms with E-state index in [1.807, 2.05) is 42.6 Å². The number of piperidine rings is 1. The van der Waals surface area contributed by atoms with Crippen molar-refractivity contribution in [3.05, 3.63) is 59.8 Å². The number of nitrogens with zero attached hydrogens (tertiary/aromatic N) is 3. The number of anilines is 1. The molecule has 4 rings (SSSR count). The molecule has 0 aliphatic carbocycles. The SMILES string of the molecule is O=C(c1ccccc1)N1CCCC[C@H]1c1cccnc1N1CCCCCC1. The molecule has 2 aliphatic rings. The number of pyridine rings is 1. The number of hydrogen-bond donors (Lipinski definition) is 0. The summed E-state index contributed by atoms with van der Waals surface area (Å²) in [5.74, 6) is 1.24. The number of carbonyl (C=O) groups excluding carboxylic acids is 1. The molecular formula is C23H29N3O. The number of likely N-dealkylation sites (tertiary alicyclic amines) is 1. The molecule has 3 heterocycles. The molecule has 1 aromatic carbocycles. The molecule has 2 aliphatic heterocycles. The highest BCUT2D eigenvalue weighted by atomic mass is 16.2. The van der Waals surface area contributed by atoms with Gasteiger partial charge >= 0.3 is 0 Å². The third kappa shape index (κ3) is 4.00. The minimum absolute atomic E-state index is 0.124. The van der Waals surface area contributed by atoms with E-state index >= 15 is 0 Å². The Morgan fingerprint density at radius 3 is 2.37 bits per heavy atom. The first kappa shape index (κ1) is 18.0. The van der Waals surface area contributed by atoms with E-state index in [1.165, 1.54) is 31.2 Å². The number of benzene rings is 1. The molecule has 0 bridgehead atoms. The number of hydrogen-bond acceptors (Lipinski definition) is 3. The van der Waals surface area contributed by atoms with Gasteiger partial charge in [0, 0.05) is 37.0 Å². The van der Waals surface area contributed by atoms with Crippen molar-refractivity contribution in [2.75, 3.05) is 24.5 Å². The zero-order valence-corrected chi connectivity index (χ0v) is 16.0. The van der Waals surface area contributed by atoms with Gasteiger partial charge in [0.25, 0.3) is 5.91 Å². The summed E-state index contributed by atoms with van der Waals surface area (Å²) < 4.78 is 0. The van der Waals surface area contributed by atoms with Crippen LogP contribution >= 0.6 is 0 Å². The van der Waals surface area contributed by atoms with Gasteiger partial charge in [-0.05, 0) is 50.3 Å². The second-order valence-electron chi connectivity index (χ2n) is 7.69. The summed E-state index contributed by atoms with van der Waals surface area (Å²) in [4.78, 5) is 22.5. The Hall–Kier alpha value is -2.36. The van der Waals surface area contributed by atoms with Crippen LogP contribution in [0.5, 0.6) is 0 Å². The van der Waals surface area contributed by atoms with Crippen LogP contribution in [0.3, 0.4) is 0 Å². The Bertz CT molecular complexity index is 753. The molecular weight excluding hydrogens is 334 g/mol. The third-order valence-corrected chi connectivity index (χ3v) is 5.87. The van der Waals surface area contributed by atoms with Crippen molar-refractivity contribution in [1.29, 1.82) is 0 Å². The van der Waals surface area contributed by atoms with Crippen LogP contribution in [-0.2, 0) is 0 Å². The lowest BCUT2D eigenvalue weighted by molar-refractivity contribution is 0.0612. The summed E-state index contributed by atoms with van der Waals surface area (Å²) in [5.41, 5.74) is 2.01. The molecule has 4 heteroatoms. The fraction of sp³-hybridized carbons (Fsp3) is 0.478. The van der Waals surface area contributed by atoms with Crippen LogP contribution < -0.4 is 4.90 Å². The maximum absolute atomic E-state index is 13.2. The van der Waals surface area contributed by atoms with E-state index < -0.39 is 0 Å². The lowest BCUT2D eigenvalue weighted by atomic mass is 9.94. The van der Waals surface area contributed by atoms with Crippen LogP contribution in [-0.4, -0.2) is 35.4 Å². The maximum atomic E-state index is 13.2. The van der Waals surface area contributed by atoms with Gasteiger partial charge in [-0.2, -0.15) is 0 Å². The van der Waals surface area contributed by atoms with E-state index in [-0.39, 0.29) is 11.9 Å². The van der Waals surface area contributed by atoms with Crippen molar-refractivity contribution in [2.45, 2.75) is 51.0 Å². The molecule has 0 unspecified atom stereocenters. The monoisotopic (exact) mass is 363 g/mol. The predicted molar refractivity (Wildman–Crippen MR) is 109 cm³/mol. The molecule has 2 aromatic rings. The smallest absolute Gasteiger partial charge is 0.254 e. The van der Waals surface area contributed by atoms with Crippen molar-refractivity contribution < 1.29 is 4.79 Å². The average Bonchev–Trinajstić information content (AvgIpc) is 3.03. The molecule has 142 valence electrons. The van der Waals surface area contributed by atoms with Crippen molar-refractivity contribution in [3.63, 3.8) is 0 Å². The summed E-state index contributed by atoms with van der Waals surface area (Å²) in [6, 6.07) is 14.0. The van der Waals surface area contributed by atoms with E-state index in [1.54, 1.807) is 0 Å². The first-order valence-corrected chi connectivity index (χ1v) is 10.4. The fourth-order valence-electron chi connectivity index (χ4n) is 4.46. The Balaban J connectivity index is 1.65. The highest BCUT2D eigenvalue weighted by Crippen LogP contribution is 2.36. The van der Waals surface area contributed by atoms with Crippen LogP contribution in [0, 0.1) is 0 Å². The summed E-state index contributed by atoms with van der Waals surface area (Å²) in [5, 5.41) is 0. The van der Waals surface area contributed by atoms with Crippen LogP contribution in [0.15, 0.2) is 48.7 Å². The van der Waals surface area contributed by atoms with Gasteiger partial charge in [-0.15, -0.1) is 0 Å². The second-order valence-corrected chi connectivity index (χ2v) is 7.69. The van der Waals surface area contributed by atoms with E-state index in [0.717, 1.165) is 50.3 Å². The molecule has 2 saturated heterocycles. The van der Waals surface area contributed by atoms with Gasteiger partial charge in [0.05, 0.1) is 6.04 Å². The van der Waals surface area contributed by atoms with E-state index in [0.29, 0.717) is 0 Å². The number of carbonyl (C=O) groups is 1. The van der Waals surface area contributed by atoms with Gasteiger partial charge in [-0.1, -0.05) is 37.1 Å². The Labute approximate surface area is 162 Å². The maximum Gasteiger partial charge on any atom is 0.254 e. The summed E-state index contributed by atoms with van der Waals surface area (Å²) in [7, 11) is 0. The zero-order valence-electron chi connectivity index (χ0n) is 16.0. The van der Waals surface area contributed by atoms with Crippen LogP contribution in [0.1, 0.15) is 66.9 Å². The topological polar surface area (TPSA) is 36.4 Å². The molecule has 1 amide bonds. The molecule has 0 saturated carbocycles.